The highest BCUT2D eigenvalue weighted by Crippen LogP contribution is 2.29. The Kier molecular flexibility index (Phi) is 6.91. The van der Waals surface area contributed by atoms with Gasteiger partial charge in [-0.05, 0) is 42.5 Å². The molecule has 0 radical (unpaired) electrons. The average molecular weight is 452 g/mol. The zero-order valence-corrected chi connectivity index (χ0v) is 19.4. The summed E-state index contributed by atoms with van der Waals surface area (Å²) in [5.41, 5.74) is 7.32. The van der Waals surface area contributed by atoms with Gasteiger partial charge < -0.3 is 20.5 Å². The summed E-state index contributed by atoms with van der Waals surface area (Å²) < 4.78 is 12.8. The number of primary amides is 1. The van der Waals surface area contributed by atoms with Crippen molar-refractivity contribution in [3.05, 3.63) is 59.8 Å². The lowest BCUT2D eigenvalue weighted by Crippen LogP contribution is -2.20. The number of carbonyl (C=O) groups excluding carboxylic acids is 2. The molecule has 1 heterocycles. The molecule has 2 aromatic carbocycles. The van der Waals surface area contributed by atoms with Crippen LogP contribution in [0.2, 0.25) is 0 Å². The van der Waals surface area contributed by atoms with Crippen molar-refractivity contribution in [3.63, 3.8) is 0 Å². The number of anilines is 2. The second kappa shape index (κ2) is 9.64. The van der Waals surface area contributed by atoms with Gasteiger partial charge in [0, 0.05) is 29.8 Å². The molecule has 3 rings (SSSR count). The van der Waals surface area contributed by atoms with E-state index in [1.54, 1.807) is 54.2 Å². The fourth-order valence-corrected chi connectivity index (χ4v) is 3.12. The Morgan fingerprint density at radius 2 is 1.70 bits per heavy atom. The van der Waals surface area contributed by atoms with E-state index >= 15 is 0 Å². The van der Waals surface area contributed by atoms with Crippen molar-refractivity contribution in [1.82, 2.24) is 9.78 Å². The number of benzene rings is 2. The minimum absolute atomic E-state index is 0.0479. The molecule has 4 N–H and O–H groups in total. The number of rotatable bonds is 7. The summed E-state index contributed by atoms with van der Waals surface area (Å²) in [5, 5.41) is 10.0. The van der Waals surface area contributed by atoms with Gasteiger partial charge in [-0.2, -0.15) is 5.10 Å². The van der Waals surface area contributed by atoms with Crippen LogP contribution < -0.4 is 25.8 Å². The predicted molar refractivity (Wildman–Crippen MR) is 127 cm³/mol. The number of nitrogens with zero attached hydrogens (tertiary/aromatic N) is 2. The van der Waals surface area contributed by atoms with Gasteiger partial charge in [0.15, 0.2) is 0 Å². The summed E-state index contributed by atoms with van der Waals surface area (Å²) in [5.74, 6) is 1.81. The molecule has 1 aromatic heterocycles. The normalized spacial score (nSPS) is 11.1. The molecule has 9 nitrogen and oxygen atoms in total. The molecule has 0 unspecified atom stereocenters. The smallest absolute Gasteiger partial charge is 0.324 e. The Morgan fingerprint density at radius 1 is 1.03 bits per heavy atom. The first kappa shape index (κ1) is 23.6. The molecule has 9 heteroatoms. The van der Waals surface area contributed by atoms with Gasteiger partial charge in [-0.15, -0.1) is 0 Å². The van der Waals surface area contributed by atoms with E-state index in [0.29, 0.717) is 34.3 Å². The predicted octanol–water partition coefficient (Wildman–Crippen LogP) is 4.19. The number of ether oxygens (including phenoxy) is 2. The lowest BCUT2D eigenvalue weighted by atomic mass is 9.92. The zero-order chi connectivity index (χ0) is 24.2. The number of amides is 3. The molecular weight excluding hydrogens is 422 g/mol. The molecule has 0 aliphatic rings. The molecule has 33 heavy (non-hydrogen) atoms. The minimum atomic E-state index is -0.458. The summed E-state index contributed by atoms with van der Waals surface area (Å²) >= 11 is 0. The summed E-state index contributed by atoms with van der Waals surface area (Å²) in [6.07, 6.45) is 0.0479. The van der Waals surface area contributed by atoms with E-state index < -0.39 is 5.91 Å². The Hall–Kier alpha value is -4.01. The van der Waals surface area contributed by atoms with E-state index in [1.165, 1.54) is 7.11 Å². The van der Waals surface area contributed by atoms with Crippen molar-refractivity contribution >= 4 is 23.4 Å². The molecule has 3 aromatic rings. The molecule has 0 aliphatic carbocycles. The van der Waals surface area contributed by atoms with Crippen molar-refractivity contribution in [2.45, 2.75) is 32.6 Å². The lowest BCUT2D eigenvalue weighted by molar-refractivity contribution is -0.117. The summed E-state index contributed by atoms with van der Waals surface area (Å²) in [4.78, 5) is 23.7. The summed E-state index contributed by atoms with van der Waals surface area (Å²) in [6.45, 7) is 6.19. The van der Waals surface area contributed by atoms with Gasteiger partial charge in [0.1, 0.15) is 23.1 Å². The van der Waals surface area contributed by atoms with Crippen molar-refractivity contribution in [1.29, 1.82) is 0 Å². The molecule has 0 atom stereocenters. The first-order valence-electron chi connectivity index (χ1n) is 10.4. The van der Waals surface area contributed by atoms with E-state index in [2.05, 4.69) is 36.5 Å². The number of aromatic nitrogens is 2. The Balaban J connectivity index is 1.63. The van der Waals surface area contributed by atoms with Crippen LogP contribution in [0, 0.1) is 0 Å². The molecule has 0 saturated heterocycles. The fourth-order valence-electron chi connectivity index (χ4n) is 3.12. The molecule has 0 aliphatic heterocycles. The van der Waals surface area contributed by atoms with Gasteiger partial charge in [0.05, 0.1) is 19.2 Å². The Morgan fingerprint density at radius 3 is 2.27 bits per heavy atom. The number of carbonyl (C=O) groups is 2. The standard InChI is InChI=1S/C24H29N5O4/c1-24(2,3)20-14-22(29(4)28-20)27-23(31)26-16-6-8-17(9-7-16)33-18-10-11-19(32-5)15(12-18)13-21(25)30/h6-12,14H,13H2,1-5H3,(H2,25,30)(H2,26,27,31). The topological polar surface area (TPSA) is 120 Å². The highest BCUT2D eigenvalue weighted by Gasteiger charge is 2.19. The van der Waals surface area contributed by atoms with Crippen LogP contribution in [0.1, 0.15) is 32.0 Å². The number of urea groups is 1. The largest absolute Gasteiger partial charge is 0.496 e. The van der Waals surface area contributed by atoms with Crippen LogP contribution in [0.4, 0.5) is 16.3 Å². The van der Waals surface area contributed by atoms with Crippen LogP contribution in [0.15, 0.2) is 48.5 Å². The van der Waals surface area contributed by atoms with Gasteiger partial charge in [0.25, 0.3) is 0 Å². The molecule has 174 valence electrons. The van der Waals surface area contributed by atoms with Crippen LogP contribution >= 0.6 is 0 Å². The SMILES string of the molecule is COc1ccc(Oc2ccc(NC(=O)Nc3cc(C(C)(C)C)nn3C)cc2)cc1CC(N)=O. The first-order chi connectivity index (χ1) is 15.5. The fraction of sp³-hybridized carbons (Fsp3) is 0.292. The maximum atomic E-state index is 12.4. The van der Waals surface area contributed by atoms with E-state index in [0.717, 1.165) is 5.69 Å². The third kappa shape index (κ3) is 6.25. The maximum absolute atomic E-state index is 12.4. The van der Waals surface area contributed by atoms with Gasteiger partial charge in [-0.25, -0.2) is 4.79 Å². The number of methoxy groups -OCH3 is 1. The quantitative estimate of drug-likeness (QED) is 0.497. The number of hydrogen-bond acceptors (Lipinski definition) is 5. The zero-order valence-electron chi connectivity index (χ0n) is 19.4. The number of hydrogen-bond donors (Lipinski definition) is 3. The first-order valence-corrected chi connectivity index (χ1v) is 10.4. The highest BCUT2D eigenvalue weighted by molar-refractivity contribution is 5.99. The Labute approximate surface area is 192 Å². The lowest BCUT2D eigenvalue weighted by Gasteiger charge is -2.13. The van der Waals surface area contributed by atoms with Gasteiger partial charge in [0.2, 0.25) is 5.91 Å². The molecule has 0 spiro atoms. The van der Waals surface area contributed by atoms with Crippen molar-refractivity contribution in [2.24, 2.45) is 12.8 Å². The average Bonchev–Trinajstić information content (AvgIpc) is 3.10. The molecular formula is C24H29N5O4. The van der Waals surface area contributed by atoms with Crippen molar-refractivity contribution < 1.29 is 19.1 Å². The molecule has 0 fully saturated rings. The van der Waals surface area contributed by atoms with Crippen molar-refractivity contribution in [2.75, 3.05) is 17.7 Å². The minimum Gasteiger partial charge on any atom is -0.496 e. The second-order valence-corrected chi connectivity index (χ2v) is 8.61. The van der Waals surface area contributed by atoms with Crippen LogP contribution in [-0.2, 0) is 23.7 Å². The number of nitrogens with one attached hydrogen (secondary N) is 2. The maximum Gasteiger partial charge on any atom is 0.324 e. The third-order valence-electron chi connectivity index (χ3n) is 4.85. The highest BCUT2D eigenvalue weighted by atomic mass is 16.5. The molecule has 0 saturated carbocycles. The van der Waals surface area contributed by atoms with Crippen LogP contribution in [0.3, 0.4) is 0 Å². The van der Waals surface area contributed by atoms with Crippen LogP contribution in [0.5, 0.6) is 17.2 Å². The molecule has 0 bridgehead atoms. The van der Waals surface area contributed by atoms with E-state index in [-0.39, 0.29) is 17.9 Å². The monoisotopic (exact) mass is 451 g/mol. The third-order valence-corrected chi connectivity index (χ3v) is 4.85. The second-order valence-electron chi connectivity index (χ2n) is 8.61. The van der Waals surface area contributed by atoms with E-state index in [9.17, 15) is 9.59 Å². The number of aryl methyl sites for hydroxylation is 1. The van der Waals surface area contributed by atoms with Gasteiger partial charge >= 0.3 is 6.03 Å². The van der Waals surface area contributed by atoms with Crippen LogP contribution in [0.25, 0.3) is 0 Å². The van der Waals surface area contributed by atoms with Crippen LogP contribution in [-0.4, -0.2) is 28.8 Å². The van der Waals surface area contributed by atoms with E-state index in [1.807, 2.05) is 6.07 Å². The van der Waals surface area contributed by atoms with Crippen molar-refractivity contribution in [3.8, 4) is 17.2 Å². The summed E-state index contributed by atoms with van der Waals surface area (Å²) in [7, 11) is 3.31. The van der Waals surface area contributed by atoms with E-state index in [4.69, 9.17) is 15.2 Å². The summed E-state index contributed by atoms with van der Waals surface area (Å²) in [6, 6.07) is 13.6. The number of nitrogens with two attached hydrogens (primary N) is 1. The molecule has 3 amide bonds. The Bertz CT molecular complexity index is 1150. The van der Waals surface area contributed by atoms with Gasteiger partial charge in [-0.1, -0.05) is 20.8 Å². The van der Waals surface area contributed by atoms with Gasteiger partial charge in [-0.3, -0.25) is 14.8 Å².